The van der Waals surface area contributed by atoms with Gasteiger partial charge >= 0.3 is 35.5 Å². The maximum atomic E-state index is 10.6. The minimum absolute atomic E-state index is 0. The molecule has 0 aliphatic rings. The molecule has 0 aliphatic heterocycles. The molecule has 0 unspecified atom stereocenters. The Morgan fingerprint density at radius 3 is 2.14 bits per heavy atom. The molecule has 0 spiro atoms. The molecule has 0 saturated heterocycles. The van der Waals surface area contributed by atoms with E-state index in [1.165, 1.54) is 32.1 Å². The summed E-state index contributed by atoms with van der Waals surface area (Å²) >= 11 is 0. The van der Waals surface area contributed by atoms with Gasteiger partial charge in [0.1, 0.15) is 0 Å². The average molecular weight is 211 g/mol. The molecule has 0 aliphatic carbocycles. The first-order valence-electron chi connectivity index (χ1n) is 5.20. The van der Waals surface area contributed by atoms with Crippen molar-refractivity contribution in [3.63, 3.8) is 0 Å². The summed E-state index contributed by atoms with van der Waals surface area (Å²) in [5.74, 6) is 4.41. The zero-order valence-electron chi connectivity index (χ0n) is 10.6. The first-order valence-corrected chi connectivity index (χ1v) is 5.20. The van der Waals surface area contributed by atoms with E-state index in [1.54, 1.807) is 0 Å². The van der Waals surface area contributed by atoms with E-state index < -0.39 is 0 Å². The summed E-state index contributed by atoms with van der Waals surface area (Å²) in [5.41, 5.74) is 0. The van der Waals surface area contributed by atoms with Gasteiger partial charge in [-0.05, 0) is 6.42 Å². The third-order valence-electron chi connectivity index (χ3n) is 2.12. The molecule has 0 fully saturated rings. The topological polar surface area (TPSA) is 52.3 Å². The molecule has 2 N–H and O–H groups in total. The Kier molecular flexibility index (Phi) is 16.2. The molecule has 0 aromatic heterocycles. The van der Waals surface area contributed by atoms with Crippen molar-refractivity contribution in [1.29, 1.82) is 0 Å². The zero-order chi connectivity index (χ0) is 9.94. The normalized spacial score (nSPS) is 9.29. The van der Waals surface area contributed by atoms with E-state index in [1.807, 2.05) is 0 Å². The Labute approximate surface area is 110 Å². The van der Waals surface area contributed by atoms with E-state index in [2.05, 4.69) is 11.8 Å². The monoisotopic (exact) mass is 211 g/mol. The number of rotatable bonds is 8. The second-order valence-electron chi connectivity index (χ2n) is 3.36. The fourth-order valence-corrected chi connectivity index (χ4v) is 1.29. The summed E-state index contributed by atoms with van der Waals surface area (Å²) in [6.07, 6.45) is 8.90. The van der Waals surface area contributed by atoms with Crippen LogP contribution in [0.15, 0.2) is 0 Å². The van der Waals surface area contributed by atoms with Gasteiger partial charge in [-0.2, -0.15) is 5.90 Å². The van der Waals surface area contributed by atoms with E-state index in [9.17, 15) is 4.79 Å². The Balaban J connectivity index is -0.000000720. The van der Waals surface area contributed by atoms with Gasteiger partial charge in [-0.3, -0.25) is 4.79 Å². The van der Waals surface area contributed by atoms with Gasteiger partial charge in [0.2, 0.25) is 0 Å². The third-order valence-corrected chi connectivity index (χ3v) is 2.12. The molecule has 0 aromatic carbocycles. The average Bonchev–Trinajstić information content (AvgIpc) is 2.16. The second-order valence-corrected chi connectivity index (χ2v) is 3.36. The van der Waals surface area contributed by atoms with Crippen LogP contribution in [-0.2, 0) is 9.63 Å². The van der Waals surface area contributed by atoms with Crippen LogP contribution < -0.4 is 35.5 Å². The predicted octanol–water partition coefficient (Wildman–Crippen LogP) is -0.339. The molecular formula is C10H22NNaO2. The van der Waals surface area contributed by atoms with E-state index in [0.717, 1.165) is 12.8 Å². The van der Waals surface area contributed by atoms with Gasteiger partial charge in [0.15, 0.2) is 0 Å². The van der Waals surface area contributed by atoms with Gasteiger partial charge in [0, 0.05) is 6.42 Å². The smallest absolute Gasteiger partial charge is 1.00 e. The van der Waals surface area contributed by atoms with Crippen LogP contribution in [-0.4, -0.2) is 5.97 Å². The van der Waals surface area contributed by atoms with Gasteiger partial charge in [0.25, 0.3) is 0 Å². The minimum Gasteiger partial charge on any atom is -1.00 e. The van der Waals surface area contributed by atoms with Crippen molar-refractivity contribution in [2.75, 3.05) is 0 Å². The molecular weight excluding hydrogens is 189 g/mol. The van der Waals surface area contributed by atoms with Crippen molar-refractivity contribution in [2.45, 2.75) is 58.3 Å². The summed E-state index contributed by atoms with van der Waals surface area (Å²) in [6.45, 7) is 2.21. The third kappa shape index (κ3) is 12.4. The number of carbonyl (C=O) groups is 1. The molecule has 3 nitrogen and oxygen atoms in total. The zero-order valence-corrected chi connectivity index (χ0v) is 11.6. The van der Waals surface area contributed by atoms with E-state index in [0.29, 0.717) is 6.42 Å². The van der Waals surface area contributed by atoms with Gasteiger partial charge in [0.05, 0.1) is 0 Å². The van der Waals surface area contributed by atoms with Gasteiger partial charge in [-0.1, -0.05) is 45.4 Å². The predicted molar refractivity (Wildman–Crippen MR) is 54.0 cm³/mol. The SMILES string of the molecule is CCCCCCCCCC(=O)ON.[H-].[Na+]. The quantitative estimate of drug-likeness (QED) is 0.339. The summed E-state index contributed by atoms with van der Waals surface area (Å²) in [4.78, 5) is 14.7. The Morgan fingerprint density at radius 1 is 1.14 bits per heavy atom. The van der Waals surface area contributed by atoms with Crippen LogP contribution in [0, 0.1) is 0 Å². The molecule has 0 atom stereocenters. The minimum atomic E-state index is -0.298. The maximum Gasteiger partial charge on any atom is 1.00 e. The fraction of sp³-hybridized carbons (Fsp3) is 0.900. The Bertz CT molecular complexity index is 137. The molecule has 0 rings (SSSR count). The maximum absolute atomic E-state index is 10.6. The van der Waals surface area contributed by atoms with Crippen LogP contribution in [0.3, 0.4) is 0 Å². The van der Waals surface area contributed by atoms with Crippen LogP contribution in [0.25, 0.3) is 0 Å². The number of hydrogen-bond acceptors (Lipinski definition) is 3. The molecule has 0 amide bonds. The van der Waals surface area contributed by atoms with Crippen molar-refractivity contribution >= 4 is 5.97 Å². The fourth-order valence-electron chi connectivity index (χ4n) is 1.29. The molecule has 0 bridgehead atoms. The summed E-state index contributed by atoms with van der Waals surface area (Å²) in [6, 6.07) is 0. The molecule has 4 heteroatoms. The Hall–Kier alpha value is 0.430. The van der Waals surface area contributed by atoms with Gasteiger partial charge < -0.3 is 6.26 Å². The molecule has 0 saturated carbocycles. The second kappa shape index (κ2) is 13.4. The molecule has 80 valence electrons. The molecule has 0 heterocycles. The van der Waals surface area contributed by atoms with Crippen molar-refractivity contribution in [3.8, 4) is 0 Å². The first kappa shape index (κ1) is 16.8. The molecule has 0 aromatic rings. The van der Waals surface area contributed by atoms with E-state index in [-0.39, 0.29) is 37.0 Å². The number of unbranched alkanes of at least 4 members (excludes halogenated alkanes) is 6. The van der Waals surface area contributed by atoms with Crippen molar-refractivity contribution < 1.29 is 40.6 Å². The number of hydrogen-bond donors (Lipinski definition) is 1. The van der Waals surface area contributed by atoms with Crippen LogP contribution in [0.1, 0.15) is 59.7 Å². The van der Waals surface area contributed by atoms with Gasteiger partial charge in [-0.15, -0.1) is 0 Å². The van der Waals surface area contributed by atoms with Crippen LogP contribution in [0.2, 0.25) is 0 Å². The summed E-state index contributed by atoms with van der Waals surface area (Å²) < 4.78 is 0. The van der Waals surface area contributed by atoms with Crippen molar-refractivity contribution in [2.24, 2.45) is 5.90 Å². The molecule has 0 radical (unpaired) electrons. The molecule has 14 heavy (non-hydrogen) atoms. The van der Waals surface area contributed by atoms with E-state index in [4.69, 9.17) is 5.90 Å². The number of nitrogens with two attached hydrogens (primary N) is 1. The van der Waals surface area contributed by atoms with Gasteiger partial charge in [-0.25, -0.2) is 0 Å². The standard InChI is InChI=1S/C10H21NO2.Na.H/c1-2-3-4-5-6-7-8-9-10(12)13-11;;/h2-9,11H2,1H3;;/q;+1;-1. The van der Waals surface area contributed by atoms with Crippen molar-refractivity contribution in [1.82, 2.24) is 0 Å². The largest absolute Gasteiger partial charge is 1.00 e. The van der Waals surface area contributed by atoms with Crippen LogP contribution in [0.5, 0.6) is 0 Å². The Morgan fingerprint density at radius 2 is 1.64 bits per heavy atom. The van der Waals surface area contributed by atoms with Crippen LogP contribution >= 0.6 is 0 Å². The number of carbonyl (C=O) groups excluding carboxylic acids is 1. The summed E-state index contributed by atoms with van der Waals surface area (Å²) in [7, 11) is 0. The first-order chi connectivity index (χ1) is 6.31. The summed E-state index contributed by atoms with van der Waals surface area (Å²) in [5, 5.41) is 0. The van der Waals surface area contributed by atoms with Crippen LogP contribution in [0.4, 0.5) is 0 Å². The van der Waals surface area contributed by atoms with E-state index >= 15 is 0 Å². The van der Waals surface area contributed by atoms with Crippen molar-refractivity contribution in [3.05, 3.63) is 0 Å².